The van der Waals surface area contributed by atoms with Gasteiger partial charge in [0.05, 0.1) is 6.54 Å². The number of hydrogen-bond donors (Lipinski definition) is 1. The van der Waals surface area contributed by atoms with Crippen molar-refractivity contribution in [2.75, 3.05) is 6.54 Å². The SMILES string of the molecule is CCCC(C)(C)NC1=NCC(CC(C)(C)C)S1. The zero-order valence-corrected chi connectivity index (χ0v) is 13.1. The van der Waals surface area contributed by atoms with Crippen molar-refractivity contribution in [1.29, 1.82) is 0 Å². The highest BCUT2D eigenvalue weighted by Gasteiger charge is 2.27. The lowest BCUT2D eigenvalue weighted by Crippen LogP contribution is -2.41. The van der Waals surface area contributed by atoms with E-state index in [-0.39, 0.29) is 5.54 Å². The van der Waals surface area contributed by atoms with Crippen molar-refractivity contribution in [3.8, 4) is 0 Å². The zero-order chi connectivity index (χ0) is 13.1. The normalized spacial score (nSPS) is 21.5. The largest absolute Gasteiger partial charge is 0.360 e. The summed E-state index contributed by atoms with van der Waals surface area (Å²) in [4.78, 5) is 4.64. The van der Waals surface area contributed by atoms with Crippen LogP contribution < -0.4 is 5.32 Å². The molecule has 1 aliphatic heterocycles. The van der Waals surface area contributed by atoms with Crippen molar-refractivity contribution in [2.24, 2.45) is 10.4 Å². The first-order valence-corrected chi connectivity index (χ1v) is 7.59. The van der Waals surface area contributed by atoms with Gasteiger partial charge >= 0.3 is 0 Å². The van der Waals surface area contributed by atoms with Crippen molar-refractivity contribution >= 4 is 16.9 Å². The molecule has 3 heteroatoms. The molecule has 1 atom stereocenters. The highest BCUT2D eigenvalue weighted by atomic mass is 32.2. The van der Waals surface area contributed by atoms with Gasteiger partial charge in [0.1, 0.15) is 0 Å². The average Bonchev–Trinajstić information content (AvgIpc) is 2.47. The smallest absolute Gasteiger partial charge is 0.157 e. The molecule has 0 aromatic carbocycles. The molecule has 17 heavy (non-hydrogen) atoms. The Morgan fingerprint density at radius 3 is 2.47 bits per heavy atom. The van der Waals surface area contributed by atoms with Crippen LogP contribution in [-0.4, -0.2) is 22.5 Å². The maximum absolute atomic E-state index is 4.64. The van der Waals surface area contributed by atoms with Gasteiger partial charge in [-0.1, -0.05) is 45.9 Å². The van der Waals surface area contributed by atoms with Gasteiger partial charge in [-0.25, -0.2) is 0 Å². The van der Waals surface area contributed by atoms with Gasteiger partial charge in [0.25, 0.3) is 0 Å². The second-order valence-corrected chi connectivity index (χ2v) is 8.20. The van der Waals surface area contributed by atoms with E-state index < -0.39 is 0 Å². The summed E-state index contributed by atoms with van der Waals surface area (Å²) in [6, 6.07) is 0. The van der Waals surface area contributed by atoms with E-state index in [0.29, 0.717) is 10.7 Å². The number of amidine groups is 1. The Morgan fingerprint density at radius 2 is 1.94 bits per heavy atom. The minimum absolute atomic E-state index is 0.178. The Hall–Kier alpha value is -0.180. The van der Waals surface area contributed by atoms with Crippen LogP contribution in [0.4, 0.5) is 0 Å². The van der Waals surface area contributed by atoms with Crippen LogP contribution in [0.25, 0.3) is 0 Å². The molecule has 1 unspecified atom stereocenters. The number of hydrogen-bond acceptors (Lipinski definition) is 3. The second kappa shape index (κ2) is 5.64. The van der Waals surface area contributed by atoms with E-state index in [0.717, 1.165) is 11.7 Å². The summed E-state index contributed by atoms with van der Waals surface area (Å²) in [6.07, 6.45) is 3.64. The molecular formula is C14H28N2S. The first-order valence-electron chi connectivity index (χ1n) is 6.71. The number of aliphatic imine (C=N–C) groups is 1. The van der Waals surface area contributed by atoms with E-state index in [1.54, 1.807) is 0 Å². The number of nitrogens with one attached hydrogen (secondary N) is 1. The third kappa shape index (κ3) is 5.80. The predicted molar refractivity (Wildman–Crippen MR) is 79.9 cm³/mol. The fraction of sp³-hybridized carbons (Fsp3) is 0.929. The Balaban J connectivity index is 2.40. The highest BCUT2D eigenvalue weighted by Crippen LogP contribution is 2.32. The molecule has 1 heterocycles. The van der Waals surface area contributed by atoms with Crippen LogP contribution in [0.2, 0.25) is 0 Å². The molecule has 0 aromatic heterocycles. The van der Waals surface area contributed by atoms with Crippen LogP contribution in [0.3, 0.4) is 0 Å². The topological polar surface area (TPSA) is 24.4 Å². The average molecular weight is 256 g/mol. The molecule has 0 fully saturated rings. The summed E-state index contributed by atoms with van der Waals surface area (Å²) in [6.45, 7) is 14.6. The lowest BCUT2D eigenvalue weighted by Gasteiger charge is -2.27. The first kappa shape index (κ1) is 14.9. The summed E-state index contributed by atoms with van der Waals surface area (Å²) < 4.78 is 0. The van der Waals surface area contributed by atoms with Gasteiger partial charge in [-0.3, -0.25) is 4.99 Å². The minimum Gasteiger partial charge on any atom is -0.360 e. The van der Waals surface area contributed by atoms with E-state index in [9.17, 15) is 0 Å². The van der Waals surface area contributed by atoms with E-state index in [1.807, 2.05) is 11.8 Å². The van der Waals surface area contributed by atoms with Gasteiger partial charge in [-0.15, -0.1) is 0 Å². The van der Waals surface area contributed by atoms with Crippen molar-refractivity contribution in [1.82, 2.24) is 5.32 Å². The number of rotatable bonds is 4. The number of nitrogens with zero attached hydrogens (tertiary/aromatic N) is 1. The summed E-state index contributed by atoms with van der Waals surface area (Å²) >= 11 is 1.93. The van der Waals surface area contributed by atoms with Crippen LogP contribution >= 0.6 is 11.8 Å². The van der Waals surface area contributed by atoms with Crippen LogP contribution in [0.15, 0.2) is 4.99 Å². The van der Waals surface area contributed by atoms with E-state index in [2.05, 4.69) is 51.9 Å². The van der Waals surface area contributed by atoms with Crippen molar-refractivity contribution in [3.05, 3.63) is 0 Å². The van der Waals surface area contributed by atoms with Crippen LogP contribution in [0.5, 0.6) is 0 Å². The summed E-state index contributed by atoms with van der Waals surface area (Å²) in [5.74, 6) is 0. The quantitative estimate of drug-likeness (QED) is 0.820. The molecule has 2 nitrogen and oxygen atoms in total. The standard InChI is InChI=1S/C14H28N2S/c1-7-8-14(5,6)16-12-15-10-11(17-12)9-13(2,3)4/h11H,7-10H2,1-6H3,(H,15,16). The van der Waals surface area contributed by atoms with E-state index in [4.69, 9.17) is 0 Å². The maximum Gasteiger partial charge on any atom is 0.157 e. The van der Waals surface area contributed by atoms with Crippen LogP contribution in [0, 0.1) is 5.41 Å². The molecule has 0 amide bonds. The lowest BCUT2D eigenvalue weighted by atomic mass is 9.90. The molecule has 1 N–H and O–H groups in total. The Bertz CT molecular complexity index is 276. The third-order valence-electron chi connectivity index (χ3n) is 2.88. The highest BCUT2D eigenvalue weighted by molar-refractivity contribution is 8.14. The summed E-state index contributed by atoms with van der Waals surface area (Å²) in [5, 5.41) is 5.40. The predicted octanol–water partition coefficient (Wildman–Crippen LogP) is 4.06. The summed E-state index contributed by atoms with van der Waals surface area (Å²) in [7, 11) is 0. The van der Waals surface area contributed by atoms with Crippen molar-refractivity contribution in [2.45, 2.75) is 71.6 Å². The summed E-state index contributed by atoms with van der Waals surface area (Å²) in [5.41, 5.74) is 0.582. The lowest BCUT2D eigenvalue weighted by molar-refractivity contribution is 0.375. The monoisotopic (exact) mass is 256 g/mol. The molecule has 0 aliphatic carbocycles. The fourth-order valence-electron chi connectivity index (χ4n) is 2.25. The first-order chi connectivity index (χ1) is 7.72. The molecular weight excluding hydrogens is 228 g/mol. The van der Waals surface area contributed by atoms with Gasteiger partial charge < -0.3 is 5.32 Å². The molecule has 0 bridgehead atoms. The maximum atomic E-state index is 4.64. The molecule has 0 saturated heterocycles. The Kier molecular flexibility index (Phi) is 4.94. The molecule has 0 saturated carbocycles. The zero-order valence-electron chi connectivity index (χ0n) is 12.3. The van der Waals surface area contributed by atoms with Gasteiger partial charge in [-0.05, 0) is 32.1 Å². The molecule has 0 spiro atoms. The van der Waals surface area contributed by atoms with Crippen LogP contribution in [-0.2, 0) is 0 Å². The molecule has 0 aromatic rings. The number of thioether (sulfide) groups is 1. The Morgan fingerprint density at radius 1 is 1.29 bits per heavy atom. The molecule has 0 radical (unpaired) electrons. The van der Waals surface area contributed by atoms with E-state index >= 15 is 0 Å². The molecule has 1 aliphatic rings. The van der Waals surface area contributed by atoms with Crippen molar-refractivity contribution in [3.63, 3.8) is 0 Å². The van der Waals surface area contributed by atoms with Gasteiger partial charge in [0.2, 0.25) is 0 Å². The second-order valence-electron chi connectivity index (χ2n) is 6.91. The molecule has 100 valence electrons. The fourth-order valence-corrected chi connectivity index (χ4v) is 3.78. The van der Waals surface area contributed by atoms with Crippen molar-refractivity contribution < 1.29 is 0 Å². The molecule has 1 rings (SSSR count). The van der Waals surface area contributed by atoms with Crippen LogP contribution in [0.1, 0.15) is 60.8 Å². The van der Waals surface area contributed by atoms with Gasteiger partial charge in [0, 0.05) is 10.8 Å². The third-order valence-corrected chi connectivity index (χ3v) is 3.98. The van der Waals surface area contributed by atoms with Gasteiger partial charge in [-0.2, -0.15) is 0 Å². The Labute approximate surface area is 111 Å². The minimum atomic E-state index is 0.178. The van der Waals surface area contributed by atoms with Gasteiger partial charge in [0.15, 0.2) is 5.17 Å². The van der Waals surface area contributed by atoms with E-state index in [1.165, 1.54) is 19.3 Å².